The van der Waals surface area contributed by atoms with Gasteiger partial charge in [-0.15, -0.1) is 0 Å². The van der Waals surface area contributed by atoms with Gasteiger partial charge < -0.3 is 5.11 Å². The molecule has 0 radical (unpaired) electrons. The summed E-state index contributed by atoms with van der Waals surface area (Å²) in [7, 11) is 0. The molecule has 0 heterocycles. The zero-order chi connectivity index (χ0) is 12.1. The minimum Gasteiger partial charge on any atom is -0.478 e. The lowest BCUT2D eigenvalue weighted by Gasteiger charge is -2.08. The smallest absolute Gasteiger partial charge is 0.328 e. The maximum absolute atomic E-state index is 10.7. The Bertz CT molecular complexity index is 425. The summed E-state index contributed by atoms with van der Waals surface area (Å²) in [6, 6.07) is 5.04. The highest BCUT2D eigenvalue weighted by Crippen LogP contribution is 2.29. The monoisotopic (exact) mass is 258 g/mol. The van der Waals surface area contributed by atoms with Crippen LogP contribution >= 0.6 is 23.2 Å². The Labute approximate surface area is 104 Å². The van der Waals surface area contributed by atoms with Gasteiger partial charge in [0.05, 0.1) is 0 Å². The topological polar surface area (TPSA) is 37.3 Å². The summed E-state index contributed by atoms with van der Waals surface area (Å²) in [5.74, 6) is -0.973. The van der Waals surface area contributed by atoms with E-state index in [0.717, 1.165) is 6.42 Å². The van der Waals surface area contributed by atoms with E-state index in [0.29, 0.717) is 27.6 Å². The van der Waals surface area contributed by atoms with Crippen molar-refractivity contribution < 1.29 is 9.90 Å². The second kappa shape index (κ2) is 5.92. The van der Waals surface area contributed by atoms with Crippen molar-refractivity contribution in [1.82, 2.24) is 0 Å². The van der Waals surface area contributed by atoms with Crippen molar-refractivity contribution in [3.63, 3.8) is 0 Å². The van der Waals surface area contributed by atoms with Crippen LogP contribution in [0.5, 0.6) is 0 Å². The third-order valence-corrected chi connectivity index (χ3v) is 2.66. The van der Waals surface area contributed by atoms with Crippen LogP contribution in [-0.2, 0) is 4.79 Å². The van der Waals surface area contributed by atoms with Gasteiger partial charge in [0.1, 0.15) is 0 Å². The van der Waals surface area contributed by atoms with Crippen molar-refractivity contribution in [3.05, 3.63) is 39.9 Å². The Morgan fingerprint density at radius 3 is 2.69 bits per heavy atom. The first kappa shape index (κ1) is 13.1. The minimum absolute atomic E-state index is 0.519. The lowest BCUT2D eigenvalue weighted by atomic mass is 10.0. The van der Waals surface area contributed by atoms with Crippen LogP contribution in [0.25, 0.3) is 5.57 Å². The van der Waals surface area contributed by atoms with Gasteiger partial charge in [0.2, 0.25) is 0 Å². The Hall–Kier alpha value is -0.990. The van der Waals surface area contributed by atoms with Gasteiger partial charge in [0.15, 0.2) is 0 Å². The molecule has 16 heavy (non-hydrogen) atoms. The average Bonchev–Trinajstić information content (AvgIpc) is 2.20. The van der Waals surface area contributed by atoms with Crippen LogP contribution < -0.4 is 0 Å². The van der Waals surface area contributed by atoms with E-state index < -0.39 is 5.97 Å². The summed E-state index contributed by atoms with van der Waals surface area (Å²) in [5.41, 5.74) is 1.39. The number of hydrogen-bond acceptors (Lipinski definition) is 1. The number of carboxylic acid groups (broad SMARTS) is 1. The van der Waals surface area contributed by atoms with Gasteiger partial charge in [-0.3, -0.25) is 0 Å². The summed E-state index contributed by atoms with van der Waals surface area (Å²) in [4.78, 5) is 10.7. The van der Waals surface area contributed by atoms with Gasteiger partial charge >= 0.3 is 5.97 Å². The molecule has 0 aliphatic carbocycles. The van der Waals surface area contributed by atoms with Gasteiger partial charge in [-0.2, -0.15) is 0 Å². The van der Waals surface area contributed by atoms with E-state index in [-0.39, 0.29) is 0 Å². The predicted octanol–water partition coefficient (Wildman–Crippen LogP) is 4.26. The van der Waals surface area contributed by atoms with Crippen molar-refractivity contribution in [3.8, 4) is 0 Å². The molecular weight excluding hydrogens is 247 g/mol. The molecule has 86 valence electrons. The molecule has 0 amide bonds. The largest absolute Gasteiger partial charge is 0.478 e. The quantitative estimate of drug-likeness (QED) is 0.820. The summed E-state index contributed by atoms with van der Waals surface area (Å²) in [5, 5.41) is 9.85. The molecule has 1 N–H and O–H groups in total. The highest BCUT2D eigenvalue weighted by molar-refractivity contribution is 6.34. The normalized spacial score (nSPS) is 11.6. The van der Waals surface area contributed by atoms with Crippen LogP contribution in [0.1, 0.15) is 25.3 Å². The maximum atomic E-state index is 10.7. The Balaban J connectivity index is 3.20. The average molecular weight is 259 g/mol. The SMILES string of the molecule is CCC/C(=C\C(=O)O)c1cc(Cl)ccc1Cl. The van der Waals surface area contributed by atoms with Crippen molar-refractivity contribution in [2.24, 2.45) is 0 Å². The Morgan fingerprint density at radius 1 is 1.44 bits per heavy atom. The fraction of sp³-hybridized carbons (Fsp3) is 0.250. The number of benzene rings is 1. The van der Waals surface area contributed by atoms with E-state index in [4.69, 9.17) is 28.3 Å². The molecule has 0 spiro atoms. The van der Waals surface area contributed by atoms with Gasteiger partial charge in [-0.1, -0.05) is 36.5 Å². The van der Waals surface area contributed by atoms with Gasteiger partial charge in [-0.05, 0) is 35.8 Å². The van der Waals surface area contributed by atoms with Crippen molar-refractivity contribution >= 4 is 34.7 Å². The third-order valence-electron chi connectivity index (χ3n) is 2.09. The number of rotatable bonds is 4. The molecule has 1 aromatic rings. The van der Waals surface area contributed by atoms with E-state index in [1.807, 2.05) is 6.92 Å². The van der Waals surface area contributed by atoms with Crippen LogP contribution in [0.2, 0.25) is 10.0 Å². The molecule has 0 fully saturated rings. The van der Waals surface area contributed by atoms with E-state index in [1.165, 1.54) is 6.08 Å². The molecule has 0 saturated heterocycles. The summed E-state index contributed by atoms with van der Waals surface area (Å²) in [6.07, 6.45) is 2.69. The van der Waals surface area contributed by atoms with Crippen LogP contribution in [0, 0.1) is 0 Å². The molecular formula is C12H12Cl2O2. The van der Waals surface area contributed by atoms with Crippen LogP contribution in [-0.4, -0.2) is 11.1 Å². The lowest BCUT2D eigenvalue weighted by Crippen LogP contribution is -1.93. The highest BCUT2D eigenvalue weighted by atomic mass is 35.5. The summed E-state index contributed by atoms with van der Waals surface area (Å²) >= 11 is 11.9. The van der Waals surface area contributed by atoms with E-state index in [1.54, 1.807) is 18.2 Å². The van der Waals surface area contributed by atoms with Gasteiger partial charge in [-0.25, -0.2) is 4.79 Å². The van der Waals surface area contributed by atoms with E-state index in [2.05, 4.69) is 0 Å². The second-order valence-corrected chi connectivity index (χ2v) is 4.23. The molecule has 0 atom stereocenters. The van der Waals surface area contributed by atoms with Crippen LogP contribution in [0.4, 0.5) is 0 Å². The number of hydrogen-bond donors (Lipinski definition) is 1. The third kappa shape index (κ3) is 3.54. The first-order valence-electron chi connectivity index (χ1n) is 4.93. The summed E-state index contributed by atoms with van der Waals surface area (Å²) < 4.78 is 0. The Morgan fingerprint density at radius 2 is 2.12 bits per heavy atom. The van der Waals surface area contributed by atoms with Crippen LogP contribution in [0.15, 0.2) is 24.3 Å². The zero-order valence-corrected chi connectivity index (χ0v) is 10.3. The molecule has 0 saturated carbocycles. The zero-order valence-electron chi connectivity index (χ0n) is 8.84. The Kier molecular flexibility index (Phi) is 4.84. The first-order valence-corrected chi connectivity index (χ1v) is 5.69. The van der Waals surface area contributed by atoms with Crippen LogP contribution in [0.3, 0.4) is 0 Å². The molecule has 0 unspecified atom stereocenters. The standard InChI is InChI=1S/C12H12Cl2O2/c1-2-3-8(6-12(15)16)10-7-9(13)4-5-11(10)14/h4-7H,2-3H2,1H3,(H,15,16)/b8-6+. The minimum atomic E-state index is -0.973. The first-order chi connectivity index (χ1) is 7.54. The lowest BCUT2D eigenvalue weighted by molar-refractivity contribution is -0.131. The molecule has 4 heteroatoms. The molecule has 1 rings (SSSR count). The number of carbonyl (C=O) groups is 1. The maximum Gasteiger partial charge on any atom is 0.328 e. The van der Waals surface area contributed by atoms with Gasteiger partial charge in [0, 0.05) is 16.1 Å². The predicted molar refractivity (Wildman–Crippen MR) is 67.0 cm³/mol. The number of halogens is 2. The number of carboxylic acids is 1. The molecule has 1 aromatic carbocycles. The molecule has 0 aliphatic rings. The second-order valence-electron chi connectivity index (χ2n) is 3.38. The molecule has 0 bridgehead atoms. The molecule has 0 aliphatic heterocycles. The fourth-order valence-electron chi connectivity index (χ4n) is 1.45. The van der Waals surface area contributed by atoms with Crippen molar-refractivity contribution in [2.45, 2.75) is 19.8 Å². The van der Waals surface area contributed by atoms with E-state index in [9.17, 15) is 4.79 Å². The fourth-order valence-corrected chi connectivity index (χ4v) is 1.86. The van der Waals surface area contributed by atoms with Gasteiger partial charge in [0.25, 0.3) is 0 Å². The highest BCUT2D eigenvalue weighted by Gasteiger charge is 2.08. The molecule has 2 nitrogen and oxygen atoms in total. The van der Waals surface area contributed by atoms with Crippen molar-refractivity contribution in [1.29, 1.82) is 0 Å². The number of allylic oxidation sites excluding steroid dienone is 1. The molecule has 0 aromatic heterocycles. The van der Waals surface area contributed by atoms with E-state index >= 15 is 0 Å². The number of aliphatic carboxylic acids is 1. The summed E-state index contributed by atoms with van der Waals surface area (Å²) in [6.45, 7) is 1.98. The van der Waals surface area contributed by atoms with Crippen molar-refractivity contribution in [2.75, 3.05) is 0 Å².